The number of fused-ring (bicyclic) bond motifs is 1. The summed E-state index contributed by atoms with van der Waals surface area (Å²) < 4.78 is 0. The molecule has 0 aliphatic carbocycles. The highest BCUT2D eigenvalue weighted by Gasteiger charge is 2.10. The quantitative estimate of drug-likeness (QED) is 0.493. The standard InChI is InChI=1S/C16H14ClN3O2S/c1-9-2-5-14(21)13(6-9)18-15(22)8-23-16-19-11-4-3-10(17)7-12(11)20-16/h2-7,21H,8H2,1H3,(H,18,22)(H,19,20). The summed E-state index contributed by atoms with van der Waals surface area (Å²) in [6.45, 7) is 1.89. The molecule has 1 aromatic heterocycles. The van der Waals surface area contributed by atoms with Crippen molar-refractivity contribution in [3.8, 4) is 5.75 Å². The topological polar surface area (TPSA) is 78.0 Å². The molecule has 0 saturated carbocycles. The number of aromatic amines is 1. The molecule has 0 unspecified atom stereocenters. The Hall–Kier alpha value is -2.18. The van der Waals surface area contributed by atoms with Crippen molar-refractivity contribution >= 4 is 46.0 Å². The van der Waals surface area contributed by atoms with Gasteiger partial charge in [-0.25, -0.2) is 4.98 Å². The van der Waals surface area contributed by atoms with Gasteiger partial charge < -0.3 is 15.4 Å². The smallest absolute Gasteiger partial charge is 0.234 e. The van der Waals surface area contributed by atoms with E-state index in [1.54, 1.807) is 30.3 Å². The van der Waals surface area contributed by atoms with Gasteiger partial charge in [0.2, 0.25) is 5.91 Å². The Kier molecular flexibility index (Phi) is 4.45. The fourth-order valence-corrected chi connectivity index (χ4v) is 2.95. The number of phenols is 1. The van der Waals surface area contributed by atoms with Gasteiger partial charge in [-0.15, -0.1) is 0 Å². The summed E-state index contributed by atoms with van der Waals surface area (Å²) in [4.78, 5) is 19.5. The van der Waals surface area contributed by atoms with Crippen molar-refractivity contribution in [2.24, 2.45) is 0 Å². The van der Waals surface area contributed by atoms with Crippen molar-refractivity contribution in [3.05, 3.63) is 47.0 Å². The number of aryl methyl sites for hydroxylation is 1. The Balaban J connectivity index is 1.64. The molecule has 0 spiro atoms. The van der Waals surface area contributed by atoms with E-state index < -0.39 is 0 Å². The lowest BCUT2D eigenvalue weighted by molar-refractivity contribution is -0.113. The molecular weight excluding hydrogens is 334 g/mol. The van der Waals surface area contributed by atoms with E-state index in [0.29, 0.717) is 15.9 Å². The van der Waals surface area contributed by atoms with E-state index in [1.807, 2.05) is 13.0 Å². The molecule has 0 fully saturated rings. The number of amides is 1. The van der Waals surface area contributed by atoms with Crippen LogP contribution in [-0.4, -0.2) is 26.7 Å². The molecule has 118 valence electrons. The molecule has 3 aromatic rings. The first-order valence-electron chi connectivity index (χ1n) is 6.89. The highest BCUT2D eigenvalue weighted by atomic mass is 35.5. The second-order valence-electron chi connectivity index (χ2n) is 5.06. The van der Waals surface area contributed by atoms with Crippen LogP contribution >= 0.6 is 23.4 Å². The van der Waals surface area contributed by atoms with Crippen LogP contribution in [0.25, 0.3) is 11.0 Å². The van der Waals surface area contributed by atoms with Gasteiger partial charge in [0.15, 0.2) is 5.16 Å². The Morgan fingerprint density at radius 1 is 1.35 bits per heavy atom. The van der Waals surface area contributed by atoms with Gasteiger partial charge in [0.25, 0.3) is 0 Å². The number of aromatic nitrogens is 2. The molecule has 0 aliphatic rings. The molecule has 3 rings (SSSR count). The van der Waals surface area contributed by atoms with E-state index in [0.717, 1.165) is 16.6 Å². The number of H-pyrrole nitrogens is 1. The fourth-order valence-electron chi connectivity index (χ4n) is 2.10. The lowest BCUT2D eigenvalue weighted by Crippen LogP contribution is -2.14. The van der Waals surface area contributed by atoms with Crippen LogP contribution in [-0.2, 0) is 4.79 Å². The average Bonchev–Trinajstić information content (AvgIpc) is 2.91. The number of nitrogens with zero attached hydrogens (tertiary/aromatic N) is 1. The lowest BCUT2D eigenvalue weighted by atomic mass is 10.2. The summed E-state index contributed by atoms with van der Waals surface area (Å²) in [6, 6.07) is 10.4. The normalized spacial score (nSPS) is 10.9. The van der Waals surface area contributed by atoms with Gasteiger partial charge in [0.05, 0.1) is 22.5 Å². The number of carbonyl (C=O) groups is 1. The van der Waals surface area contributed by atoms with E-state index in [1.165, 1.54) is 11.8 Å². The number of imidazole rings is 1. The Morgan fingerprint density at radius 3 is 3.00 bits per heavy atom. The van der Waals surface area contributed by atoms with E-state index in [9.17, 15) is 9.90 Å². The van der Waals surface area contributed by atoms with Gasteiger partial charge in [-0.05, 0) is 42.8 Å². The van der Waals surface area contributed by atoms with Crippen LogP contribution in [0.15, 0.2) is 41.6 Å². The van der Waals surface area contributed by atoms with E-state index >= 15 is 0 Å². The van der Waals surface area contributed by atoms with Crippen LogP contribution in [0.3, 0.4) is 0 Å². The molecule has 23 heavy (non-hydrogen) atoms. The summed E-state index contributed by atoms with van der Waals surface area (Å²) in [5, 5.41) is 13.7. The van der Waals surface area contributed by atoms with Crippen molar-refractivity contribution in [3.63, 3.8) is 0 Å². The lowest BCUT2D eigenvalue weighted by Gasteiger charge is -2.07. The number of anilines is 1. The molecule has 7 heteroatoms. The zero-order chi connectivity index (χ0) is 16.4. The van der Waals surface area contributed by atoms with Gasteiger partial charge in [0, 0.05) is 5.02 Å². The fraction of sp³-hybridized carbons (Fsp3) is 0.125. The second kappa shape index (κ2) is 6.52. The van der Waals surface area contributed by atoms with E-state index in [2.05, 4.69) is 15.3 Å². The first-order valence-corrected chi connectivity index (χ1v) is 8.25. The van der Waals surface area contributed by atoms with Crippen molar-refractivity contribution in [2.75, 3.05) is 11.1 Å². The van der Waals surface area contributed by atoms with Crippen LogP contribution in [0.5, 0.6) is 5.75 Å². The molecule has 0 radical (unpaired) electrons. The Morgan fingerprint density at radius 2 is 2.17 bits per heavy atom. The molecule has 2 aromatic carbocycles. The minimum atomic E-state index is -0.214. The maximum atomic E-state index is 12.0. The first kappa shape index (κ1) is 15.7. The summed E-state index contributed by atoms with van der Waals surface area (Å²) in [5.74, 6) is 0.0164. The van der Waals surface area contributed by atoms with Gasteiger partial charge in [-0.1, -0.05) is 29.4 Å². The number of phenolic OH excluding ortho intramolecular Hbond substituents is 1. The van der Waals surface area contributed by atoms with Crippen LogP contribution in [0.4, 0.5) is 5.69 Å². The van der Waals surface area contributed by atoms with Crippen LogP contribution in [0.2, 0.25) is 5.02 Å². The highest BCUT2D eigenvalue weighted by molar-refractivity contribution is 7.99. The minimum absolute atomic E-state index is 0.0485. The monoisotopic (exact) mass is 347 g/mol. The van der Waals surface area contributed by atoms with Crippen molar-refractivity contribution in [1.29, 1.82) is 0 Å². The third-order valence-electron chi connectivity index (χ3n) is 3.19. The zero-order valence-corrected chi connectivity index (χ0v) is 13.8. The molecule has 1 amide bonds. The third-order valence-corrected chi connectivity index (χ3v) is 4.30. The number of aromatic hydroxyl groups is 1. The van der Waals surface area contributed by atoms with Gasteiger partial charge >= 0.3 is 0 Å². The van der Waals surface area contributed by atoms with E-state index in [4.69, 9.17) is 11.6 Å². The maximum Gasteiger partial charge on any atom is 0.234 e. The number of hydrogen-bond donors (Lipinski definition) is 3. The molecule has 3 N–H and O–H groups in total. The number of carbonyl (C=O) groups excluding carboxylic acids is 1. The predicted octanol–water partition coefficient (Wildman–Crippen LogP) is 3.96. The first-order chi connectivity index (χ1) is 11.0. The third kappa shape index (κ3) is 3.78. The predicted molar refractivity (Wildman–Crippen MR) is 93.3 cm³/mol. The van der Waals surface area contributed by atoms with Crippen molar-refractivity contribution in [1.82, 2.24) is 9.97 Å². The number of hydrogen-bond acceptors (Lipinski definition) is 4. The average molecular weight is 348 g/mol. The second-order valence-corrected chi connectivity index (χ2v) is 6.46. The summed E-state index contributed by atoms with van der Waals surface area (Å²) in [5.41, 5.74) is 3.00. The highest BCUT2D eigenvalue weighted by Crippen LogP contribution is 2.25. The van der Waals surface area contributed by atoms with Crippen LogP contribution < -0.4 is 5.32 Å². The molecule has 1 heterocycles. The Labute approximate surface area is 142 Å². The SMILES string of the molecule is Cc1ccc(O)c(NC(=O)CSc2nc3ccc(Cl)cc3[nH]2)c1. The zero-order valence-electron chi connectivity index (χ0n) is 12.3. The number of halogens is 1. The molecule has 0 bridgehead atoms. The molecular formula is C16H14ClN3O2S. The van der Waals surface area contributed by atoms with E-state index in [-0.39, 0.29) is 17.4 Å². The van der Waals surface area contributed by atoms with Gasteiger partial charge in [-0.2, -0.15) is 0 Å². The largest absolute Gasteiger partial charge is 0.506 e. The van der Waals surface area contributed by atoms with Gasteiger partial charge in [-0.3, -0.25) is 4.79 Å². The summed E-state index contributed by atoms with van der Waals surface area (Å²) in [7, 11) is 0. The molecule has 0 atom stereocenters. The molecule has 0 saturated heterocycles. The molecule has 5 nitrogen and oxygen atoms in total. The summed E-state index contributed by atoms with van der Waals surface area (Å²) in [6.07, 6.45) is 0. The summed E-state index contributed by atoms with van der Waals surface area (Å²) >= 11 is 7.22. The van der Waals surface area contributed by atoms with Crippen molar-refractivity contribution in [2.45, 2.75) is 12.1 Å². The maximum absolute atomic E-state index is 12.0. The van der Waals surface area contributed by atoms with Crippen molar-refractivity contribution < 1.29 is 9.90 Å². The number of nitrogens with one attached hydrogen (secondary N) is 2. The number of benzene rings is 2. The number of rotatable bonds is 4. The Bertz CT molecular complexity index is 879. The minimum Gasteiger partial charge on any atom is -0.506 e. The van der Waals surface area contributed by atoms with Crippen LogP contribution in [0, 0.1) is 6.92 Å². The molecule has 0 aliphatic heterocycles. The van der Waals surface area contributed by atoms with Gasteiger partial charge in [0.1, 0.15) is 5.75 Å². The van der Waals surface area contributed by atoms with Crippen LogP contribution in [0.1, 0.15) is 5.56 Å². The number of thioether (sulfide) groups is 1.